The molecule has 37 nitrogen and oxygen atoms in total. The number of carbonyl (C=O) groups excluding carboxylic acids is 19. The number of para-hydroxylation sites is 6. The summed E-state index contributed by atoms with van der Waals surface area (Å²) >= 11 is 24.1. The minimum absolute atomic E-state index is 0.0426. The molecule has 6 aromatic rings. The zero-order valence-corrected chi connectivity index (χ0v) is 67.0. The Labute approximate surface area is 698 Å². The predicted octanol–water partition coefficient (Wildman–Crippen LogP) is 1.97. The Morgan fingerprint density at radius 1 is 0.454 bits per heavy atom. The SMILES string of the molecule is CC(=O)C[C@@H](C=O)NC(=O)CN1C(=O)[C@@H](NC(=O)c2ccc(N)c(Cl)c2)CN(C(=O)CO)c2ccccc21.CC(=O)C[C@@H](C=O)NC(=O)CN1C(=O)[C@@H](NC(=O)c2ccc(NC(C)=O)c(Cl)c2)CN(C(=O)CO)c2ccccc21.COCC(=O)N1C[C@H](NC(=O)c2cc(Cl)c(O)c(Cl)c2)C(=O)N(CC(=O)N[C@H](C=O)CC(C)=O)c2ccccc21. The number of phenols is 1. The van der Waals surface area contributed by atoms with Crippen LogP contribution in [0.4, 0.5) is 45.5 Å². The van der Waals surface area contributed by atoms with Crippen molar-refractivity contribution in [2.24, 2.45) is 0 Å². The number of halogens is 4. The number of aldehydes is 3. The fourth-order valence-electron chi connectivity index (χ4n) is 12.2. The molecule has 3 heterocycles. The van der Waals surface area contributed by atoms with Crippen LogP contribution in [0.3, 0.4) is 0 Å². The number of fused-ring (bicyclic) bond motifs is 3. The number of aromatic hydroxyl groups is 1. The van der Waals surface area contributed by atoms with E-state index in [-0.39, 0.29) is 151 Å². The maximum atomic E-state index is 13.8. The Bertz CT molecular complexity index is 4970. The minimum atomic E-state index is -1.38. The number of aliphatic hydroxyl groups excluding tert-OH is 2. The summed E-state index contributed by atoms with van der Waals surface area (Å²) in [5, 5.41) is 46.2. The molecule has 0 saturated carbocycles. The Morgan fingerprint density at radius 3 is 1.07 bits per heavy atom. The van der Waals surface area contributed by atoms with Gasteiger partial charge in [-0.1, -0.05) is 82.8 Å². The van der Waals surface area contributed by atoms with Crippen molar-refractivity contribution in [3.63, 3.8) is 0 Å². The van der Waals surface area contributed by atoms with Gasteiger partial charge in [-0.25, -0.2) is 0 Å². The number of nitrogen functional groups attached to an aromatic ring is 1. The summed E-state index contributed by atoms with van der Waals surface area (Å²) in [4.78, 5) is 244. The molecule has 0 fully saturated rings. The molecule has 0 saturated heterocycles. The number of nitrogens with zero attached hydrogens (tertiary/aromatic N) is 6. The third-order valence-electron chi connectivity index (χ3n) is 17.6. The number of methoxy groups -OCH3 is 1. The molecule has 3 aliphatic rings. The Balaban J connectivity index is 0.000000246. The number of nitrogens with two attached hydrogens (primary N) is 1. The summed E-state index contributed by atoms with van der Waals surface area (Å²) < 4.78 is 4.99. The average molecular weight is 1720 g/mol. The standard InChI is InChI=1S/C27H28ClN5O8.C26H26Cl2N4O8.C25H26ClN5O7/c1-15(36)9-18(13-34)30-24(38)12-33-23-6-4-3-5-22(23)32(25(39)14-35)11-21(27(33)41)31-26(40)17-7-8-20(19(28)10-17)29-16(2)37;1-14(34)7-16(12-33)29-22(35)11-32-21-6-4-3-5-20(21)31(23(36)13-40-2)10-19(26(32)39)30-25(38)15-8-17(27)24(37)18(28)9-15;1-14(34)8-16(12-32)28-22(35)11-31-21-5-3-2-4-20(21)30(23(36)13-33)10-19(25(31)38)29-24(37)15-6-7-18(27)17(26)9-15/h3-8,10,13,18,21,35H,9,11-12,14H2,1-2H3,(H,29,37)(H,30,38)(H,31,40);3-6,8-9,12,16,19,37H,7,10-11,13H2,1-2H3,(H,29,35)(H,30,38);2-7,9,12,16,19,33H,8,10-11,13,27H2,1H3,(H,28,35)(H,29,37)/t18-,21-;2*16-,19-/m000/s1. The number of Topliss-reactive ketones (excluding diaryl/α,β-unsaturated/α-hetero) is 3. The normalized spacial score (nSPS) is 15.5. The van der Waals surface area contributed by atoms with Crippen molar-refractivity contribution in [1.29, 1.82) is 0 Å². The van der Waals surface area contributed by atoms with E-state index in [4.69, 9.17) is 56.9 Å². The zero-order valence-electron chi connectivity index (χ0n) is 64.0. The fourth-order valence-corrected chi connectivity index (χ4v) is 13.1. The van der Waals surface area contributed by atoms with Gasteiger partial charge >= 0.3 is 0 Å². The Morgan fingerprint density at radius 2 is 0.765 bits per heavy atom. The molecule has 0 bridgehead atoms. The first-order valence-electron chi connectivity index (χ1n) is 35.7. The molecule has 0 unspecified atom stereocenters. The van der Waals surface area contributed by atoms with Gasteiger partial charge in [0.25, 0.3) is 53.2 Å². The van der Waals surface area contributed by atoms with Gasteiger partial charge in [-0.05, 0) is 106 Å². The summed E-state index contributed by atoms with van der Waals surface area (Å²) in [5.74, 6) is -10.5. The van der Waals surface area contributed by atoms with Crippen molar-refractivity contribution in [3.05, 3.63) is 158 Å². The highest BCUT2D eigenvalue weighted by Gasteiger charge is 2.42. The molecule has 9 rings (SSSR count). The van der Waals surface area contributed by atoms with E-state index in [0.29, 0.717) is 18.9 Å². The second-order valence-corrected chi connectivity index (χ2v) is 28.3. The topological polar surface area (TPSA) is 524 Å². The summed E-state index contributed by atoms with van der Waals surface area (Å²) in [7, 11) is 1.32. The van der Waals surface area contributed by atoms with Crippen LogP contribution in [-0.4, -0.2) is 231 Å². The number of ketones is 3. The lowest BCUT2D eigenvalue weighted by Gasteiger charge is -2.25. The summed E-state index contributed by atoms with van der Waals surface area (Å²) in [6.07, 6.45) is 0.557. The van der Waals surface area contributed by atoms with Gasteiger partial charge in [-0.15, -0.1) is 0 Å². The molecular formula is C78H80Cl4N14O23. The molecule has 0 aliphatic carbocycles. The number of nitrogens with one attached hydrogen (secondary N) is 7. The minimum Gasteiger partial charge on any atom is -0.505 e. The van der Waals surface area contributed by atoms with Crippen LogP contribution >= 0.6 is 46.4 Å². The molecule has 13 amide bonds. The zero-order chi connectivity index (χ0) is 87.8. The number of benzene rings is 6. The van der Waals surface area contributed by atoms with Crippen LogP contribution in [0.1, 0.15) is 78.0 Å². The number of hydrogen-bond acceptors (Lipinski definition) is 24. The van der Waals surface area contributed by atoms with Crippen LogP contribution in [0.5, 0.6) is 5.75 Å². The summed E-state index contributed by atoms with van der Waals surface area (Å²) in [5.41, 5.74) is 7.47. The van der Waals surface area contributed by atoms with Crippen molar-refractivity contribution < 1.29 is 111 Å². The molecule has 119 heavy (non-hydrogen) atoms. The molecule has 0 radical (unpaired) electrons. The number of ether oxygens (including phenoxy) is 1. The molecule has 0 spiro atoms. The van der Waals surface area contributed by atoms with Gasteiger partial charge in [0, 0.05) is 50.0 Å². The number of rotatable bonds is 29. The number of amides is 13. The highest BCUT2D eigenvalue weighted by Crippen LogP contribution is 2.38. The van der Waals surface area contributed by atoms with Crippen LogP contribution in [0.15, 0.2) is 121 Å². The summed E-state index contributed by atoms with van der Waals surface area (Å²) in [6, 6.07) is 21.8. The average Bonchev–Trinajstić information content (AvgIpc) is 1.65. The van der Waals surface area contributed by atoms with Gasteiger partial charge < -0.3 is 92.1 Å². The molecular weight excluding hydrogens is 1640 g/mol. The number of aliphatic hydroxyl groups is 2. The van der Waals surface area contributed by atoms with E-state index in [9.17, 15) is 106 Å². The first-order chi connectivity index (χ1) is 56.4. The third-order valence-corrected chi connectivity index (χ3v) is 18.8. The molecule has 628 valence electrons. The largest absolute Gasteiger partial charge is 0.505 e. The lowest BCUT2D eigenvalue weighted by molar-refractivity contribution is -0.127. The maximum absolute atomic E-state index is 13.8. The van der Waals surface area contributed by atoms with E-state index in [0.717, 1.165) is 36.6 Å². The highest BCUT2D eigenvalue weighted by molar-refractivity contribution is 6.38. The van der Waals surface area contributed by atoms with Gasteiger partial charge in [-0.3, -0.25) is 91.4 Å². The second-order valence-electron chi connectivity index (χ2n) is 26.6. The van der Waals surface area contributed by atoms with Gasteiger partial charge in [0.2, 0.25) is 23.6 Å². The van der Waals surface area contributed by atoms with E-state index in [2.05, 4.69) is 37.2 Å². The number of hydrogen-bond donors (Lipinski definition) is 11. The Kier molecular flexibility index (Phi) is 34.0. The lowest BCUT2D eigenvalue weighted by atomic mass is 10.1. The molecule has 0 aromatic heterocycles. The number of anilines is 8. The second kappa shape index (κ2) is 43.3. The fraction of sp³-hybridized carbons (Fsp3) is 0.295. The monoisotopic (exact) mass is 1720 g/mol. The van der Waals surface area contributed by atoms with Gasteiger partial charge in [0.05, 0.1) is 103 Å². The lowest BCUT2D eigenvalue weighted by Crippen LogP contribution is -2.55. The molecule has 41 heteroatoms. The van der Waals surface area contributed by atoms with Crippen LogP contribution < -0.4 is 72.4 Å². The number of carbonyl (C=O) groups is 19. The maximum Gasteiger partial charge on any atom is 0.253 e. The first-order valence-corrected chi connectivity index (χ1v) is 37.3. The van der Waals surface area contributed by atoms with Crippen LogP contribution in [0, 0.1) is 0 Å². The summed E-state index contributed by atoms with van der Waals surface area (Å²) in [6.45, 7) is 0.173. The van der Waals surface area contributed by atoms with Crippen LogP contribution in [0.2, 0.25) is 20.1 Å². The quantitative estimate of drug-likeness (QED) is 0.0236. The van der Waals surface area contributed by atoms with Crippen molar-refractivity contribution in [1.82, 2.24) is 31.9 Å². The number of phenolic OH excluding ortho intramolecular Hbond substituents is 1. The van der Waals surface area contributed by atoms with Gasteiger partial charge in [0.1, 0.15) is 93.8 Å². The molecule has 3 aliphatic heterocycles. The van der Waals surface area contributed by atoms with E-state index in [1.165, 1.54) is 106 Å². The van der Waals surface area contributed by atoms with Crippen molar-refractivity contribution in [2.45, 2.75) is 83.2 Å². The third kappa shape index (κ3) is 25.1. The predicted molar refractivity (Wildman–Crippen MR) is 433 cm³/mol. The van der Waals surface area contributed by atoms with Gasteiger partial charge in [0.15, 0.2) is 5.75 Å². The molecule has 12 N–H and O–H groups in total. The van der Waals surface area contributed by atoms with E-state index >= 15 is 0 Å². The van der Waals surface area contributed by atoms with Crippen molar-refractivity contribution in [2.75, 3.05) is 107 Å². The van der Waals surface area contributed by atoms with Crippen molar-refractivity contribution >= 4 is 205 Å². The molecule has 6 aromatic carbocycles. The van der Waals surface area contributed by atoms with Crippen molar-refractivity contribution in [3.8, 4) is 5.75 Å². The molecule has 6 atom stereocenters. The van der Waals surface area contributed by atoms with Crippen LogP contribution in [-0.2, 0) is 81.4 Å². The van der Waals surface area contributed by atoms with E-state index in [1.54, 1.807) is 42.5 Å². The van der Waals surface area contributed by atoms with Gasteiger partial charge in [-0.2, -0.15) is 0 Å². The van der Waals surface area contributed by atoms with E-state index < -0.39 is 146 Å². The smallest absolute Gasteiger partial charge is 0.253 e. The van der Waals surface area contributed by atoms with Crippen LogP contribution in [0.25, 0.3) is 0 Å². The highest BCUT2D eigenvalue weighted by atomic mass is 35.5. The van der Waals surface area contributed by atoms with E-state index in [1.807, 2.05) is 0 Å². The first kappa shape index (κ1) is 93.3. The Hall–Kier alpha value is -12.9.